The Labute approximate surface area is 57.2 Å². The molecule has 0 N–H and O–H groups in total. The summed E-state index contributed by atoms with van der Waals surface area (Å²) < 4.78 is 36.0. The Morgan fingerprint density at radius 3 is 2.20 bits per heavy atom. The highest BCUT2D eigenvalue weighted by Gasteiger charge is 2.43. The summed E-state index contributed by atoms with van der Waals surface area (Å²) in [6.07, 6.45) is -0.841. The summed E-state index contributed by atoms with van der Waals surface area (Å²) in [7, 11) is 0. The zero-order valence-corrected chi connectivity index (χ0v) is 5.49. The smallest absolute Gasteiger partial charge is 0.144 e. The monoisotopic (exact) mass is 152 g/mol. The highest BCUT2D eigenvalue weighted by Crippen LogP contribution is 2.18. The van der Waals surface area contributed by atoms with E-state index >= 15 is 0 Å². The van der Waals surface area contributed by atoms with Crippen LogP contribution in [-0.2, 0) is 0 Å². The highest BCUT2D eigenvalue weighted by atomic mass is 19.4. The molecule has 4 heteroatoms. The minimum Gasteiger partial charge on any atom is -0.144 e. The lowest BCUT2D eigenvalue weighted by molar-refractivity contribution is -0.712. The van der Waals surface area contributed by atoms with Crippen LogP contribution in [-0.4, -0.2) is 23.6 Å². The number of rotatable bonds is 0. The molecular formula is C6H9F3N+. The van der Waals surface area contributed by atoms with Crippen molar-refractivity contribution in [3.05, 3.63) is 0 Å². The van der Waals surface area contributed by atoms with Gasteiger partial charge >= 0.3 is 6.30 Å². The van der Waals surface area contributed by atoms with Gasteiger partial charge in [0.1, 0.15) is 6.21 Å². The van der Waals surface area contributed by atoms with Crippen LogP contribution in [0.25, 0.3) is 0 Å². The molecule has 0 amide bonds. The number of nitrogens with zero attached hydrogens (tertiary/aromatic N) is 1. The first-order valence-electron chi connectivity index (χ1n) is 3.27. The molecule has 10 heavy (non-hydrogen) atoms. The third-order valence-corrected chi connectivity index (χ3v) is 1.53. The van der Waals surface area contributed by atoms with Crippen molar-refractivity contribution in [2.45, 2.75) is 25.6 Å². The topological polar surface area (TPSA) is 3.01 Å². The predicted octanol–water partition coefficient (Wildman–Crippen LogP) is 1.77. The van der Waals surface area contributed by atoms with Gasteiger partial charge in [-0.2, -0.15) is 0 Å². The van der Waals surface area contributed by atoms with Gasteiger partial charge in [0.15, 0.2) is 6.54 Å². The molecule has 1 heterocycles. The molecule has 1 aliphatic heterocycles. The van der Waals surface area contributed by atoms with Crippen LogP contribution >= 0.6 is 0 Å². The average Bonchev–Trinajstić information content (AvgIpc) is 1.88. The van der Waals surface area contributed by atoms with Crippen LogP contribution in [0.5, 0.6) is 0 Å². The quantitative estimate of drug-likeness (QED) is 0.367. The second-order valence-corrected chi connectivity index (χ2v) is 2.34. The van der Waals surface area contributed by atoms with Crippen molar-refractivity contribution < 1.29 is 17.7 Å². The highest BCUT2D eigenvalue weighted by molar-refractivity contribution is 5.51. The Balaban J connectivity index is 2.62. The first-order valence-corrected chi connectivity index (χ1v) is 3.27. The number of hydrogen-bond acceptors (Lipinski definition) is 0. The fourth-order valence-corrected chi connectivity index (χ4v) is 0.995. The molecule has 0 radical (unpaired) electrons. The molecule has 0 aliphatic carbocycles. The van der Waals surface area contributed by atoms with Gasteiger partial charge in [-0.15, -0.1) is 17.7 Å². The van der Waals surface area contributed by atoms with Crippen molar-refractivity contribution in [3.63, 3.8) is 0 Å². The third-order valence-electron chi connectivity index (χ3n) is 1.53. The standard InChI is InChI=1S/C6H9F3N/c7-6(8,9)10-4-2-1-3-5-10/h4H,1-3,5H2/q+1. The van der Waals surface area contributed by atoms with Crippen LogP contribution in [0.4, 0.5) is 13.2 Å². The fourth-order valence-electron chi connectivity index (χ4n) is 0.995. The van der Waals surface area contributed by atoms with Crippen LogP contribution in [0.3, 0.4) is 0 Å². The molecule has 0 fully saturated rings. The molecule has 0 atom stereocenters. The van der Waals surface area contributed by atoms with E-state index in [-0.39, 0.29) is 6.54 Å². The van der Waals surface area contributed by atoms with E-state index in [2.05, 4.69) is 0 Å². The molecule has 1 nitrogen and oxygen atoms in total. The van der Waals surface area contributed by atoms with Crippen molar-refractivity contribution in [1.82, 2.24) is 0 Å². The summed E-state index contributed by atoms with van der Waals surface area (Å²) in [5, 5.41) is 0. The second-order valence-electron chi connectivity index (χ2n) is 2.34. The van der Waals surface area contributed by atoms with E-state index in [0.29, 0.717) is 17.4 Å². The summed E-state index contributed by atoms with van der Waals surface area (Å²) >= 11 is 0. The van der Waals surface area contributed by atoms with Crippen LogP contribution < -0.4 is 0 Å². The largest absolute Gasteiger partial charge is 0.632 e. The number of halogens is 3. The molecule has 0 aromatic heterocycles. The van der Waals surface area contributed by atoms with Gasteiger partial charge in [-0.05, 0) is 6.42 Å². The minimum atomic E-state index is -4.15. The predicted molar refractivity (Wildman–Crippen MR) is 31.1 cm³/mol. The molecule has 1 rings (SSSR count). The number of alkyl halides is 3. The van der Waals surface area contributed by atoms with E-state index in [0.717, 1.165) is 6.42 Å². The second kappa shape index (κ2) is 2.60. The molecule has 1 aliphatic rings. The van der Waals surface area contributed by atoms with E-state index in [1.807, 2.05) is 0 Å². The van der Waals surface area contributed by atoms with E-state index in [1.165, 1.54) is 6.21 Å². The fraction of sp³-hybridized carbons (Fsp3) is 0.833. The average molecular weight is 152 g/mol. The van der Waals surface area contributed by atoms with Gasteiger partial charge in [0.05, 0.1) is 0 Å². The molecule has 0 aromatic rings. The first kappa shape index (κ1) is 7.57. The lowest BCUT2D eigenvalue weighted by Crippen LogP contribution is -2.32. The SMILES string of the molecule is FC(F)(F)[N+]1=CCCCC1. The van der Waals surface area contributed by atoms with Gasteiger partial charge in [0.2, 0.25) is 0 Å². The summed E-state index contributed by atoms with van der Waals surface area (Å²) in [5.41, 5.74) is 0. The maximum Gasteiger partial charge on any atom is 0.632 e. The van der Waals surface area contributed by atoms with Crippen molar-refractivity contribution >= 4 is 6.21 Å². The summed E-state index contributed by atoms with van der Waals surface area (Å²) in [6, 6.07) is 0. The van der Waals surface area contributed by atoms with Crippen LogP contribution in [0.1, 0.15) is 19.3 Å². The molecular weight excluding hydrogens is 143 g/mol. The Bertz CT molecular complexity index is 148. The van der Waals surface area contributed by atoms with Crippen LogP contribution in [0.15, 0.2) is 0 Å². The summed E-state index contributed by atoms with van der Waals surface area (Å²) in [5.74, 6) is 0. The van der Waals surface area contributed by atoms with Gasteiger partial charge < -0.3 is 0 Å². The lowest BCUT2D eigenvalue weighted by Gasteiger charge is -2.08. The molecule has 0 bridgehead atoms. The van der Waals surface area contributed by atoms with E-state index in [1.54, 1.807) is 0 Å². The summed E-state index contributed by atoms with van der Waals surface area (Å²) in [4.78, 5) is 0. The van der Waals surface area contributed by atoms with E-state index < -0.39 is 6.30 Å². The van der Waals surface area contributed by atoms with E-state index in [9.17, 15) is 13.2 Å². The van der Waals surface area contributed by atoms with Crippen molar-refractivity contribution in [2.24, 2.45) is 0 Å². The minimum absolute atomic E-state index is 0.128. The summed E-state index contributed by atoms with van der Waals surface area (Å²) in [6.45, 7) is 0.128. The van der Waals surface area contributed by atoms with Crippen molar-refractivity contribution in [2.75, 3.05) is 6.54 Å². The van der Waals surface area contributed by atoms with Gasteiger partial charge in [-0.1, -0.05) is 0 Å². The van der Waals surface area contributed by atoms with Gasteiger partial charge in [-0.3, -0.25) is 0 Å². The molecule has 58 valence electrons. The molecule has 0 unspecified atom stereocenters. The molecule has 0 spiro atoms. The number of hydrogen-bond donors (Lipinski definition) is 0. The van der Waals surface area contributed by atoms with Gasteiger partial charge in [-0.25, -0.2) is 0 Å². The van der Waals surface area contributed by atoms with Crippen LogP contribution in [0.2, 0.25) is 0 Å². The normalized spacial score (nSPS) is 20.5. The Morgan fingerprint density at radius 2 is 1.90 bits per heavy atom. The Morgan fingerprint density at radius 1 is 1.20 bits per heavy atom. The zero-order valence-electron chi connectivity index (χ0n) is 5.49. The van der Waals surface area contributed by atoms with Crippen LogP contribution in [0, 0.1) is 0 Å². The maximum absolute atomic E-state index is 11.8. The Kier molecular flexibility index (Phi) is 1.97. The van der Waals surface area contributed by atoms with Gasteiger partial charge in [0.25, 0.3) is 0 Å². The maximum atomic E-state index is 11.8. The van der Waals surface area contributed by atoms with Crippen molar-refractivity contribution in [1.29, 1.82) is 0 Å². The van der Waals surface area contributed by atoms with Gasteiger partial charge in [0, 0.05) is 12.8 Å². The third kappa shape index (κ3) is 1.72. The van der Waals surface area contributed by atoms with E-state index in [4.69, 9.17) is 0 Å². The first-order chi connectivity index (χ1) is 4.61. The molecule has 0 saturated heterocycles. The van der Waals surface area contributed by atoms with Crippen molar-refractivity contribution in [3.8, 4) is 0 Å². The molecule has 0 saturated carbocycles. The molecule has 0 aromatic carbocycles. The lowest BCUT2D eigenvalue weighted by atomic mass is 10.2. The zero-order chi connectivity index (χ0) is 7.61. The Hall–Kier alpha value is -0.540.